The van der Waals surface area contributed by atoms with E-state index in [0.29, 0.717) is 19.0 Å². The van der Waals surface area contributed by atoms with Crippen molar-refractivity contribution in [1.82, 2.24) is 14.7 Å². The van der Waals surface area contributed by atoms with Crippen LogP contribution in [-0.4, -0.2) is 52.2 Å². The van der Waals surface area contributed by atoms with E-state index in [0.717, 1.165) is 41.1 Å². The van der Waals surface area contributed by atoms with E-state index in [1.807, 2.05) is 56.4 Å². The molecule has 0 bridgehead atoms. The fourth-order valence-corrected chi connectivity index (χ4v) is 3.82. The van der Waals surface area contributed by atoms with Gasteiger partial charge in [0.05, 0.1) is 18.3 Å². The summed E-state index contributed by atoms with van der Waals surface area (Å²) in [5, 5.41) is 15.3. The average Bonchev–Trinajstić information content (AvgIpc) is 3.10. The Morgan fingerprint density at radius 3 is 2.67 bits per heavy atom. The SMILES string of the molecule is C#CCOC[C@H](O)CN(CCC)Cc1c(-c2ccccc2)nn(C)c1Oc1cccc(C)c1. The molecule has 0 unspecified atom stereocenters. The van der Waals surface area contributed by atoms with Crippen LogP contribution in [0.1, 0.15) is 24.5 Å². The van der Waals surface area contributed by atoms with Gasteiger partial charge in [-0.1, -0.05) is 55.3 Å². The molecule has 33 heavy (non-hydrogen) atoms. The topological polar surface area (TPSA) is 59.8 Å². The van der Waals surface area contributed by atoms with Gasteiger partial charge in [0, 0.05) is 25.7 Å². The molecule has 6 heteroatoms. The molecule has 1 N–H and O–H groups in total. The number of terminal acetylenes is 1. The number of benzene rings is 2. The Labute approximate surface area is 196 Å². The van der Waals surface area contributed by atoms with Crippen LogP contribution in [0.3, 0.4) is 0 Å². The predicted molar refractivity (Wildman–Crippen MR) is 131 cm³/mol. The fraction of sp³-hybridized carbons (Fsp3) is 0.370. The van der Waals surface area contributed by atoms with Crippen LogP contribution in [0.15, 0.2) is 54.6 Å². The molecule has 0 amide bonds. The fourth-order valence-electron chi connectivity index (χ4n) is 3.82. The van der Waals surface area contributed by atoms with E-state index in [9.17, 15) is 5.11 Å². The number of aromatic nitrogens is 2. The Morgan fingerprint density at radius 2 is 1.97 bits per heavy atom. The van der Waals surface area contributed by atoms with Gasteiger partial charge in [-0.15, -0.1) is 6.42 Å². The van der Waals surface area contributed by atoms with E-state index < -0.39 is 6.10 Å². The first-order chi connectivity index (χ1) is 16.0. The molecule has 0 spiro atoms. The second-order valence-electron chi connectivity index (χ2n) is 8.15. The number of nitrogens with zero attached hydrogens (tertiary/aromatic N) is 3. The molecular weight excluding hydrogens is 414 g/mol. The van der Waals surface area contributed by atoms with E-state index in [4.69, 9.17) is 21.0 Å². The summed E-state index contributed by atoms with van der Waals surface area (Å²) in [5.41, 5.74) is 4.01. The van der Waals surface area contributed by atoms with Crippen LogP contribution in [0.2, 0.25) is 0 Å². The highest BCUT2D eigenvalue weighted by Gasteiger charge is 2.23. The zero-order chi connectivity index (χ0) is 23.6. The highest BCUT2D eigenvalue weighted by molar-refractivity contribution is 5.65. The van der Waals surface area contributed by atoms with E-state index in [2.05, 4.69) is 29.9 Å². The summed E-state index contributed by atoms with van der Waals surface area (Å²) in [5.74, 6) is 3.89. The molecule has 2 aromatic carbocycles. The van der Waals surface area contributed by atoms with Gasteiger partial charge in [-0.3, -0.25) is 4.90 Å². The molecule has 3 aromatic rings. The second-order valence-corrected chi connectivity index (χ2v) is 8.15. The number of ether oxygens (including phenoxy) is 2. The first-order valence-electron chi connectivity index (χ1n) is 11.3. The molecule has 0 saturated heterocycles. The van der Waals surface area contributed by atoms with Gasteiger partial charge >= 0.3 is 0 Å². The Hall–Kier alpha value is -3.11. The smallest absolute Gasteiger partial charge is 0.222 e. The van der Waals surface area contributed by atoms with Crippen molar-refractivity contribution in [2.24, 2.45) is 7.05 Å². The van der Waals surface area contributed by atoms with Crippen molar-refractivity contribution in [3.63, 3.8) is 0 Å². The number of hydrogen-bond acceptors (Lipinski definition) is 5. The number of aliphatic hydroxyl groups is 1. The summed E-state index contributed by atoms with van der Waals surface area (Å²) in [6, 6.07) is 18.1. The third-order valence-corrected chi connectivity index (χ3v) is 5.23. The van der Waals surface area contributed by atoms with Gasteiger partial charge in [-0.2, -0.15) is 5.10 Å². The largest absolute Gasteiger partial charge is 0.439 e. The Kier molecular flexibility index (Phi) is 9.08. The first-order valence-corrected chi connectivity index (χ1v) is 11.3. The highest BCUT2D eigenvalue weighted by Crippen LogP contribution is 2.34. The van der Waals surface area contributed by atoms with Gasteiger partial charge in [0.15, 0.2) is 0 Å². The summed E-state index contributed by atoms with van der Waals surface area (Å²) in [4.78, 5) is 2.20. The summed E-state index contributed by atoms with van der Waals surface area (Å²) < 4.78 is 13.5. The number of hydrogen-bond donors (Lipinski definition) is 1. The average molecular weight is 448 g/mol. The summed E-state index contributed by atoms with van der Waals surface area (Å²) in [6.45, 7) is 6.43. The van der Waals surface area contributed by atoms with Crippen molar-refractivity contribution in [2.75, 3.05) is 26.3 Å². The van der Waals surface area contributed by atoms with Crippen LogP contribution in [0.25, 0.3) is 11.3 Å². The van der Waals surface area contributed by atoms with Crippen LogP contribution in [-0.2, 0) is 18.3 Å². The molecule has 0 aliphatic heterocycles. The molecule has 0 saturated carbocycles. The molecule has 6 nitrogen and oxygen atoms in total. The van der Waals surface area contributed by atoms with Crippen molar-refractivity contribution < 1.29 is 14.6 Å². The molecule has 1 heterocycles. The van der Waals surface area contributed by atoms with Crippen LogP contribution in [0.4, 0.5) is 0 Å². The molecule has 3 rings (SSSR count). The Morgan fingerprint density at radius 1 is 1.18 bits per heavy atom. The molecule has 1 atom stereocenters. The van der Waals surface area contributed by atoms with Crippen LogP contribution in [0.5, 0.6) is 11.6 Å². The predicted octanol–water partition coefficient (Wildman–Crippen LogP) is 4.41. The zero-order valence-corrected chi connectivity index (χ0v) is 19.7. The van der Waals surface area contributed by atoms with Crippen LogP contribution >= 0.6 is 0 Å². The number of rotatable bonds is 12. The second kappa shape index (κ2) is 12.2. The van der Waals surface area contributed by atoms with Gasteiger partial charge in [-0.25, -0.2) is 4.68 Å². The summed E-state index contributed by atoms with van der Waals surface area (Å²) >= 11 is 0. The van der Waals surface area contributed by atoms with Crippen molar-refractivity contribution >= 4 is 0 Å². The minimum absolute atomic E-state index is 0.195. The normalized spacial score (nSPS) is 12.0. The van der Waals surface area contributed by atoms with Gasteiger partial charge in [0.2, 0.25) is 5.88 Å². The molecule has 1 aromatic heterocycles. The maximum Gasteiger partial charge on any atom is 0.222 e. The maximum atomic E-state index is 10.5. The van der Waals surface area contributed by atoms with Gasteiger partial charge in [0.1, 0.15) is 18.1 Å². The van der Waals surface area contributed by atoms with Crippen molar-refractivity contribution in [2.45, 2.75) is 32.9 Å². The first kappa shape index (κ1) is 24.5. The minimum Gasteiger partial charge on any atom is -0.439 e. The van der Waals surface area contributed by atoms with Crippen LogP contribution in [0, 0.1) is 19.3 Å². The van der Waals surface area contributed by atoms with E-state index in [-0.39, 0.29) is 13.2 Å². The lowest BCUT2D eigenvalue weighted by atomic mass is 10.1. The minimum atomic E-state index is -0.636. The molecule has 0 radical (unpaired) electrons. The van der Waals surface area contributed by atoms with Crippen LogP contribution < -0.4 is 4.74 Å². The van der Waals surface area contributed by atoms with E-state index >= 15 is 0 Å². The quantitative estimate of drug-likeness (QED) is 0.329. The standard InChI is InChI=1S/C27H33N3O3/c1-5-15-30(18-23(31)20-32-16-6-2)19-25-26(22-12-8-7-9-13-22)28-29(4)27(25)33-24-14-10-11-21(3)17-24/h2,7-14,17,23,31H,5,15-16,18-20H2,1,3-4H3/t23-/m1/s1. The molecular formula is C27H33N3O3. The van der Waals surface area contributed by atoms with Crippen molar-refractivity contribution in [1.29, 1.82) is 0 Å². The number of aryl methyl sites for hydroxylation is 2. The zero-order valence-electron chi connectivity index (χ0n) is 19.7. The van der Waals surface area contributed by atoms with Gasteiger partial charge in [0.25, 0.3) is 0 Å². The monoisotopic (exact) mass is 447 g/mol. The maximum absolute atomic E-state index is 10.5. The van der Waals surface area contributed by atoms with Gasteiger partial charge in [-0.05, 0) is 37.6 Å². The molecule has 174 valence electrons. The van der Waals surface area contributed by atoms with Crippen molar-refractivity contribution in [3.8, 4) is 35.2 Å². The third kappa shape index (κ3) is 6.93. The Balaban J connectivity index is 1.93. The van der Waals surface area contributed by atoms with Crippen molar-refractivity contribution in [3.05, 3.63) is 65.7 Å². The lowest BCUT2D eigenvalue weighted by molar-refractivity contribution is 0.0260. The summed E-state index contributed by atoms with van der Waals surface area (Å²) in [7, 11) is 1.90. The summed E-state index contributed by atoms with van der Waals surface area (Å²) in [6.07, 6.45) is 5.55. The third-order valence-electron chi connectivity index (χ3n) is 5.23. The lowest BCUT2D eigenvalue weighted by Crippen LogP contribution is -2.35. The molecule has 0 fully saturated rings. The Bertz CT molecular complexity index is 1060. The molecule has 0 aliphatic carbocycles. The lowest BCUT2D eigenvalue weighted by Gasteiger charge is -2.25. The van der Waals surface area contributed by atoms with Gasteiger partial charge < -0.3 is 14.6 Å². The molecule has 0 aliphatic rings. The van der Waals surface area contributed by atoms with E-state index in [1.165, 1.54) is 0 Å². The van der Waals surface area contributed by atoms with E-state index in [1.54, 1.807) is 4.68 Å². The highest BCUT2D eigenvalue weighted by atomic mass is 16.5. The number of aliphatic hydroxyl groups excluding tert-OH is 1.